The van der Waals surface area contributed by atoms with E-state index < -0.39 is 20.0 Å². The number of hydrogen-bond acceptors (Lipinski definition) is 5. The van der Waals surface area contributed by atoms with Crippen molar-refractivity contribution >= 4 is 20.0 Å². The predicted molar refractivity (Wildman–Crippen MR) is 160 cm³/mol. The van der Waals surface area contributed by atoms with Gasteiger partial charge in [0.2, 0.25) is 20.0 Å². The maximum absolute atomic E-state index is 13.6. The molecular formula is C31H39N3O4S2. The Kier molecular flexibility index (Phi) is 10.3. The fraction of sp³-hybridized carbons (Fsp3) is 0.355. The lowest BCUT2D eigenvalue weighted by Gasteiger charge is -2.26. The standard InChI is InChI=1S/C31H39N3O4S2/c1-27-12-16-30(17-13-27)39(35,36)33-22-6-7-23-34(40(37,38)31-18-14-28(2)15-19-31)25-9-21-32(20-8-24-33)26-29-10-4-3-5-11-29/h3-7,10-19H,8-9,20-26H2,1-2H3/b7-6-. The van der Waals surface area contributed by atoms with Gasteiger partial charge in [0, 0.05) is 32.7 Å². The van der Waals surface area contributed by atoms with E-state index in [9.17, 15) is 16.8 Å². The van der Waals surface area contributed by atoms with Crippen molar-refractivity contribution in [1.29, 1.82) is 0 Å². The lowest BCUT2D eigenvalue weighted by molar-refractivity contribution is 0.243. The van der Waals surface area contributed by atoms with Crippen molar-refractivity contribution in [2.24, 2.45) is 0 Å². The third kappa shape index (κ3) is 7.89. The molecule has 1 aliphatic heterocycles. The molecule has 1 aliphatic rings. The third-order valence-corrected chi connectivity index (χ3v) is 10.9. The van der Waals surface area contributed by atoms with Gasteiger partial charge in [0.15, 0.2) is 0 Å². The van der Waals surface area contributed by atoms with E-state index >= 15 is 0 Å². The largest absolute Gasteiger partial charge is 0.299 e. The quantitative estimate of drug-likeness (QED) is 0.390. The van der Waals surface area contributed by atoms with Gasteiger partial charge < -0.3 is 0 Å². The smallest absolute Gasteiger partial charge is 0.243 e. The van der Waals surface area contributed by atoms with E-state index in [0.717, 1.165) is 11.1 Å². The van der Waals surface area contributed by atoms with E-state index in [1.54, 1.807) is 60.7 Å². The minimum atomic E-state index is -3.71. The van der Waals surface area contributed by atoms with E-state index in [0.29, 0.717) is 45.6 Å². The van der Waals surface area contributed by atoms with E-state index in [2.05, 4.69) is 17.0 Å². The molecule has 0 unspecified atom stereocenters. The van der Waals surface area contributed by atoms with E-state index in [-0.39, 0.29) is 22.9 Å². The number of sulfonamides is 2. The molecule has 3 aromatic rings. The maximum atomic E-state index is 13.6. The minimum absolute atomic E-state index is 0.174. The fourth-order valence-electron chi connectivity index (χ4n) is 4.77. The molecule has 0 amide bonds. The first-order valence-electron chi connectivity index (χ1n) is 13.7. The molecule has 0 atom stereocenters. The molecule has 0 spiro atoms. The van der Waals surface area contributed by atoms with Crippen LogP contribution in [0, 0.1) is 13.8 Å². The van der Waals surface area contributed by atoms with Crippen molar-refractivity contribution in [1.82, 2.24) is 13.5 Å². The van der Waals surface area contributed by atoms with Gasteiger partial charge in [-0.25, -0.2) is 16.8 Å². The van der Waals surface area contributed by atoms with E-state index in [1.165, 1.54) is 14.2 Å². The summed E-state index contributed by atoms with van der Waals surface area (Å²) in [4.78, 5) is 2.81. The van der Waals surface area contributed by atoms with Crippen LogP contribution < -0.4 is 0 Å². The Morgan fingerprint density at radius 2 is 1.00 bits per heavy atom. The Morgan fingerprint density at radius 3 is 1.43 bits per heavy atom. The zero-order chi connectivity index (χ0) is 28.6. The van der Waals surface area contributed by atoms with Crippen LogP contribution in [0.4, 0.5) is 0 Å². The van der Waals surface area contributed by atoms with Crippen LogP contribution in [0.15, 0.2) is 101 Å². The van der Waals surface area contributed by atoms with Gasteiger partial charge in [0.25, 0.3) is 0 Å². The highest BCUT2D eigenvalue weighted by molar-refractivity contribution is 7.89. The number of benzene rings is 3. The van der Waals surface area contributed by atoms with E-state index in [1.807, 2.05) is 32.0 Å². The Balaban J connectivity index is 1.60. The second-order valence-electron chi connectivity index (χ2n) is 10.3. The molecule has 0 radical (unpaired) electrons. The summed E-state index contributed by atoms with van der Waals surface area (Å²) in [7, 11) is -7.42. The molecule has 0 fully saturated rings. The molecule has 0 aliphatic carbocycles. The number of aryl methyl sites for hydroxylation is 2. The Morgan fingerprint density at radius 1 is 0.575 bits per heavy atom. The average molecular weight is 582 g/mol. The Bertz CT molecular complexity index is 1380. The van der Waals surface area contributed by atoms with Gasteiger partial charge in [-0.2, -0.15) is 8.61 Å². The first-order valence-corrected chi connectivity index (χ1v) is 16.6. The summed E-state index contributed by atoms with van der Waals surface area (Å²) in [5.74, 6) is 0. The van der Waals surface area contributed by atoms with Crippen LogP contribution in [0.25, 0.3) is 0 Å². The lowest BCUT2D eigenvalue weighted by Crippen LogP contribution is -2.35. The summed E-state index contributed by atoms with van der Waals surface area (Å²) >= 11 is 0. The maximum Gasteiger partial charge on any atom is 0.243 e. The SMILES string of the molecule is Cc1ccc(S(=O)(=O)N2C/C=C\CN(S(=O)(=O)c3ccc(C)cc3)CCCN(Cc3ccccc3)CCC2)cc1. The Hall–Kier alpha value is -2.82. The van der Waals surface area contributed by atoms with Crippen LogP contribution in [-0.4, -0.2) is 69.6 Å². The Labute approximate surface area is 239 Å². The summed E-state index contributed by atoms with van der Waals surface area (Å²) in [5.41, 5.74) is 3.16. The molecule has 40 heavy (non-hydrogen) atoms. The summed E-state index contributed by atoms with van der Waals surface area (Å²) in [6, 6.07) is 24.0. The lowest BCUT2D eigenvalue weighted by atomic mass is 10.2. The van der Waals surface area contributed by atoms with Crippen molar-refractivity contribution in [2.45, 2.75) is 43.0 Å². The van der Waals surface area contributed by atoms with Gasteiger partial charge in [-0.15, -0.1) is 0 Å². The molecule has 1 heterocycles. The molecule has 7 nitrogen and oxygen atoms in total. The van der Waals surface area contributed by atoms with Gasteiger partial charge in [0.05, 0.1) is 9.79 Å². The van der Waals surface area contributed by atoms with Crippen LogP contribution in [0.2, 0.25) is 0 Å². The van der Waals surface area contributed by atoms with Gasteiger partial charge in [-0.1, -0.05) is 77.9 Å². The summed E-state index contributed by atoms with van der Waals surface area (Å²) in [5, 5.41) is 0. The average Bonchev–Trinajstić information content (AvgIpc) is 2.95. The van der Waals surface area contributed by atoms with Gasteiger partial charge >= 0.3 is 0 Å². The summed E-state index contributed by atoms with van der Waals surface area (Å²) in [6.45, 7) is 7.06. The minimum Gasteiger partial charge on any atom is -0.299 e. The molecule has 9 heteroatoms. The second-order valence-corrected chi connectivity index (χ2v) is 14.2. The molecule has 214 valence electrons. The molecule has 0 N–H and O–H groups in total. The van der Waals surface area contributed by atoms with Gasteiger partial charge in [0.1, 0.15) is 0 Å². The molecule has 4 rings (SSSR count). The van der Waals surface area contributed by atoms with Crippen LogP contribution in [0.3, 0.4) is 0 Å². The van der Waals surface area contributed by atoms with E-state index in [4.69, 9.17) is 0 Å². The third-order valence-electron chi connectivity index (χ3n) is 7.11. The topological polar surface area (TPSA) is 78.0 Å². The van der Waals surface area contributed by atoms with Crippen molar-refractivity contribution < 1.29 is 16.8 Å². The molecule has 0 bridgehead atoms. The fourth-order valence-corrected chi connectivity index (χ4v) is 7.63. The zero-order valence-electron chi connectivity index (χ0n) is 23.3. The summed E-state index contributed by atoms with van der Waals surface area (Å²) in [6.07, 6.45) is 4.86. The van der Waals surface area contributed by atoms with Gasteiger partial charge in [-0.05, 0) is 69.6 Å². The highest BCUT2D eigenvalue weighted by atomic mass is 32.2. The highest BCUT2D eigenvalue weighted by Gasteiger charge is 2.26. The molecular weight excluding hydrogens is 542 g/mol. The predicted octanol–water partition coefficient (Wildman–Crippen LogP) is 4.84. The normalized spacial score (nSPS) is 18.4. The summed E-state index contributed by atoms with van der Waals surface area (Å²) < 4.78 is 57.2. The van der Waals surface area contributed by atoms with Gasteiger partial charge in [-0.3, -0.25) is 4.90 Å². The molecule has 0 saturated carbocycles. The van der Waals surface area contributed by atoms with Crippen LogP contribution in [-0.2, 0) is 26.6 Å². The van der Waals surface area contributed by atoms with Crippen molar-refractivity contribution in [3.63, 3.8) is 0 Å². The number of hydrogen-bond donors (Lipinski definition) is 0. The highest BCUT2D eigenvalue weighted by Crippen LogP contribution is 2.20. The molecule has 3 aromatic carbocycles. The first kappa shape index (κ1) is 30.1. The molecule has 0 aromatic heterocycles. The van der Waals surface area contributed by atoms with Crippen molar-refractivity contribution in [2.75, 3.05) is 39.3 Å². The van der Waals surface area contributed by atoms with Crippen LogP contribution >= 0.6 is 0 Å². The number of rotatable bonds is 6. The van der Waals surface area contributed by atoms with Crippen LogP contribution in [0.1, 0.15) is 29.5 Å². The monoisotopic (exact) mass is 581 g/mol. The second kappa shape index (κ2) is 13.7. The van der Waals surface area contributed by atoms with Crippen molar-refractivity contribution in [3.8, 4) is 0 Å². The number of nitrogens with zero attached hydrogens (tertiary/aromatic N) is 3. The van der Waals surface area contributed by atoms with Crippen molar-refractivity contribution in [3.05, 3.63) is 108 Å². The first-order chi connectivity index (χ1) is 19.2. The molecule has 0 saturated heterocycles. The zero-order valence-corrected chi connectivity index (χ0v) is 24.9. The van der Waals surface area contributed by atoms with Crippen LogP contribution in [0.5, 0.6) is 0 Å².